The zero-order valence-electron chi connectivity index (χ0n) is 15.3. The first-order valence-corrected chi connectivity index (χ1v) is 9.40. The number of carbonyl (C=O) groups excluding carboxylic acids is 2. The predicted octanol–water partition coefficient (Wildman–Crippen LogP) is 2.16. The standard InChI is InChI=1S/C22H20O6/c1-11-27-10-18(28-11)22(26)8-16-19(17(23)9-22)21(25)15-7-13-5-3-2-4-12(13)6-14(15)20(16)24/h2-7,11,17-18,23,26H,8-10H2,1H3/t11-,17?,18-,22?/m1/s1. The number of aliphatic hydroxyl groups excluding tert-OH is 1. The van der Waals surface area contributed by atoms with Crippen LogP contribution in [-0.4, -0.2) is 52.5 Å². The van der Waals surface area contributed by atoms with Gasteiger partial charge in [-0.05, 0) is 29.8 Å². The first-order chi connectivity index (χ1) is 13.4. The average molecular weight is 380 g/mol. The highest BCUT2D eigenvalue weighted by Gasteiger charge is 2.51. The minimum Gasteiger partial charge on any atom is -0.388 e. The number of hydrogen-bond acceptors (Lipinski definition) is 6. The van der Waals surface area contributed by atoms with Crippen molar-refractivity contribution in [3.05, 3.63) is 58.7 Å². The lowest BCUT2D eigenvalue weighted by Crippen LogP contribution is -2.52. The topological polar surface area (TPSA) is 93.1 Å². The number of benzene rings is 2. The first kappa shape index (κ1) is 17.7. The fourth-order valence-corrected chi connectivity index (χ4v) is 4.59. The number of fused-ring (bicyclic) bond motifs is 2. The van der Waals surface area contributed by atoms with Crippen molar-refractivity contribution < 1.29 is 29.3 Å². The van der Waals surface area contributed by atoms with Crippen LogP contribution in [0.1, 0.15) is 40.5 Å². The number of aliphatic hydroxyl groups is 2. The summed E-state index contributed by atoms with van der Waals surface area (Å²) in [7, 11) is 0. The fraction of sp³-hybridized carbons (Fsp3) is 0.364. The summed E-state index contributed by atoms with van der Waals surface area (Å²) in [4.78, 5) is 26.4. The molecule has 1 fully saturated rings. The zero-order valence-corrected chi connectivity index (χ0v) is 15.3. The molecule has 0 saturated carbocycles. The van der Waals surface area contributed by atoms with Crippen LogP contribution in [0.2, 0.25) is 0 Å². The van der Waals surface area contributed by atoms with Crippen molar-refractivity contribution >= 4 is 22.3 Å². The van der Waals surface area contributed by atoms with Crippen LogP contribution < -0.4 is 0 Å². The first-order valence-electron chi connectivity index (χ1n) is 9.40. The SMILES string of the molecule is C[C@@H]1OC[C@H](C2(O)CC3=C(C(=O)c4cc5ccccc5cc4C3=O)C(O)C2)O1. The van der Waals surface area contributed by atoms with E-state index in [-0.39, 0.29) is 42.2 Å². The van der Waals surface area contributed by atoms with Gasteiger partial charge < -0.3 is 19.7 Å². The number of carbonyl (C=O) groups is 2. The van der Waals surface area contributed by atoms with Gasteiger partial charge in [0, 0.05) is 35.1 Å². The second kappa shape index (κ2) is 6.06. The maximum absolute atomic E-state index is 13.2. The van der Waals surface area contributed by atoms with Crippen LogP contribution in [0.25, 0.3) is 10.8 Å². The second-order valence-corrected chi connectivity index (χ2v) is 7.82. The molecule has 0 spiro atoms. The lowest BCUT2D eigenvalue weighted by Gasteiger charge is -2.41. The van der Waals surface area contributed by atoms with Crippen molar-refractivity contribution in [3.8, 4) is 0 Å². The minimum atomic E-state index is -1.46. The van der Waals surface area contributed by atoms with Crippen LogP contribution >= 0.6 is 0 Å². The summed E-state index contributed by atoms with van der Waals surface area (Å²) in [5, 5.41) is 23.6. The lowest BCUT2D eigenvalue weighted by atomic mass is 9.69. The molecule has 6 nitrogen and oxygen atoms in total. The van der Waals surface area contributed by atoms with E-state index in [9.17, 15) is 19.8 Å². The summed E-state index contributed by atoms with van der Waals surface area (Å²) in [6, 6.07) is 10.9. The summed E-state index contributed by atoms with van der Waals surface area (Å²) in [6.07, 6.45) is -2.47. The maximum atomic E-state index is 13.2. The number of rotatable bonds is 1. The molecule has 0 aromatic heterocycles. The Kier molecular flexibility index (Phi) is 3.83. The molecule has 5 rings (SSSR count). The van der Waals surface area contributed by atoms with Crippen molar-refractivity contribution in [2.24, 2.45) is 0 Å². The number of Topliss-reactive ketones (excluding diaryl/α,β-unsaturated/α-hetero) is 2. The van der Waals surface area contributed by atoms with E-state index in [2.05, 4.69) is 0 Å². The molecule has 1 aliphatic heterocycles. The Hall–Kier alpha value is -2.38. The van der Waals surface area contributed by atoms with E-state index < -0.39 is 24.1 Å². The number of hydrogen-bond donors (Lipinski definition) is 2. The van der Waals surface area contributed by atoms with Gasteiger partial charge in [0.1, 0.15) is 11.7 Å². The molecule has 0 bridgehead atoms. The van der Waals surface area contributed by atoms with Gasteiger partial charge in [0.2, 0.25) is 0 Å². The molecule has 1 saturated heterocycles. The normalized spacial score (nSPS) is 32.6. The molecule has 4 atom stereocenters. The van der Waals surface area contributed by atoms with Crippen LogP contribution in [0.4, 0.5) is 0 Å². The van der Waals surface area contributed by atoms with E-state index in [1.807, 2.05) is 24.3 Å². The molecule has 28 heavy (non-hydrogen) atoms. The lowest BCUT2D eigenvalue weighted by molar-refractivity contribution is -0.126. The molecule has 1 heterocycles. The van der Waals surface area contributed by atoms with Gasteiger partial charge in [0.05, 0.1) is 12.7 Å². The zero-order chi connectivity index (χ0) is 19.6. The third-order valence-electron chi connectivity index (χ3n) is 6.02. The van der Waals surface area contributed by atoms with E-state index in [4.69, 9.17) is 9.47 Å². The molecule has 144 valence electrons. The molecule has 2 aliphatic carbocycles. The van der Waals surface area contributed by atoms with Gasteiger partial charge in [0.15, 0.2) is 17.9 Å². The van der Waals surface area contributed by atoms with Gasteiger partial charge in [-0.25, -0.2) is 0 Å². The summed E-state index contributed by atoms with van der Waals surface area (Å²) in [6.45, 7) is 1.90. The summed E-state index contributed by atoms with van der Waals surface area (Å²) < 4.78 is 11.0. The molecule has 2 aromatic carbocycles. The van der Waals surface area contributed by atoms with E-state index in [1.54, 1.807) is 19.1 Å². The van der Waals surface area contributed by atoms with Gasteiger partial charge in [-0.3, -0.25) is 9.59 Å². The van der Waals surface area contributed by atoms with Crippen molar-refractivity contribution in [1.82, 2.24) is 0 Å². The molecule has 2 aromatic rings. The van der Waals surface area contributed by atoms with E-state index >= 15 is 0 Å². The second-order valence-electron chi connectivity index (χ2n) is 7.82. The van der Waals surface area contributed by atoms with Crippen LogP contribution in [0.15, 0.2) is 47.5 Å². The van der Waals surface area contributed by atoms with Gasteiger partial charge in [0.25, 0.3) is 0 Å². The number of ketones is 2. The Morgan fingerprint density at radius 1 is 1.07 bits per heavy atom. The fourth-order valence-electron chi connectivity index (χ4n) is 4.59. The van der Waals surface area contributed by atoms with E-state index in [1.165, 1.54) is 0 Å². The summed E-state index contributed by atoms with van der Waals surface area (Å²) >= 11 is 0. The van der Waals surface area contributed by atoms with Gasteiger partial charge in [-0.2, -0.15) is 0 Å². The van der Waals surface area contributed by atoms with Gasteiger partial charge >= 0.3 is 0 Å². The molecule has 2 N–H and O–H groups in total. The number of ether oxygens (including phenoxy) is 2. The molecular weight excluding hydrogens is 360 g/mol. The van der Waals surface area contributed by atoms with Crippen molar-refractivity contribution in [1.29, 1.82) is 0 Å². The monoisotopic (exact) mass is 380 g/mol. The molecule has 2 unspecified atom stereocenters. The Bertz CT molecular complexity index is 1050. The van der Waals surface area contributed by atoms with Crippen LogP contribution in [0, 0.1) is 0 Å². The smallest absolute Gasteiger partial charge is 0.192 e. The molecule has 6 heteroatoms. The van der Waals surface area contributed by atoms with Crippen LogP contribution in [0.3, 0.4) is 0 Å². The van der Waals surface area contributed by atoms with Crippen molar-refractivity contribution in [2.75, 3.05) is 6.61 Å². The third kappa shape index (κ3) is 2.49. The third-order valence-corrected chi connectivity index (χ3v) is 6.02. The molecule has 0 radical (unpaired) electrons. The highest BCUT2D eigenvalue weighted by atomic mass is 16.7. The summed E-state index contributed by atoms with van der Waals surface area (Å²) in [5.74, 6) is -0.665. The Morgan fingerprint density at radius 3 is 2.32 bits per heavy atom. The van der Waals surface area contributed by atoms with Gasteiger partial charge in [-0.15, -0.1) is 0 Å². The van der Waals surface area contributed by atoms with Gasteiger partial charge in [-0.1, -0.05) is 24.3 Å². The predicted molar refractivity (Wildman–Crippen MR) is 100 cm³/mol. The highest BCUT2D eigenvalue weighted by Crippen LogP contribution is 2.43. The summed E-state index contributed by atoms with van der Waals surface area (Å²) in [5.41, 5.74) is -0.564. The maximum Gasteiger partial charge on any atom is 0.192 e. The highest BCUT2D eigenvalue weighted by molar-refractivity contribution is 6.28. The largest absolute Gasteiger partial charge is 0.388 e. The Morgan fingerprint density at radius 2 is 1.71 bits per heavy atom. The molecular formula is C22H20O6. The van der Waals surface area contributed by atoms with E-state index in [0.29, 0.717) is 11.1 Å². The quantitative estimate of drug-likeness (QED) is 0.788. The average Bonchev–Trinajstić information content (AvgIpc) is 3.12. The molecule has 0 amide bonds. The van der Waals surface area contributed by atoms with E-state index in [0.717, 1.165) is 10.8 Å². The molecule has 3 aliphatic rings. The van der Waals surface area contributed by atoms with Crippen molar-refractivity contribution in [3.63, 3.8) is 0 Å². The van der Waals surface area contributed by atoms with Crippen LogP contribution in [0.5, 0.6) is 0 Å². The minimum absolute atomic E-state index is 0.0447. The van der Waals surface area contributed by atoms with Crippen molar-refractivity contribution in [2.45, 2.75) is 43.9 Å². The Balaban J connectivity index is 1.60. The van der Waals surface area contributed by atoms with Crippen LogP contribution in [-0.2, 0) is 9.47 Å². The Labute approximate surface area is 161 Å².